The molecule has 1 aliphatic rings. The van der Waals surface area contributed by atoms with E-state index < -0.39 is 5.82 Å². The Kier molecular flexibility index (Phi) is 4.00. The molecule has 2 rings (SSSR count). The van der Waals surface area contributed by atoms with Gasteiger partial charge >= 0.3 is 0 Å². The molecule has 1 fully saturated rings. The van der Waals surface area contributed by atoms with Gasteiger partial charge in [-0.3, -0.25) is 0 Å². The van der Waals surface area contributed by atoms with E-state index in [2.05, 4.69) is 12.2 Å². The van der Waals surface area contributed by atoms with Crippen LogP contribution >= 0.6 is 0 Å². The van der Waals surface area contributed by atoms with Crippen LogP contribution in [0.5, 0.6) is 5.75 Å². The van der Waals surface area contributed by atoms with Crippen molar-refractivity contribution in [1.29, 1.82) is 0 Å². The molecule has 0 unspecified atom stereocenters. The highest BCUT2D eigenvalue weighted by Gasteiger charge is 2.21. The van der Waals surface area contributed by atoms with Crippen LogP contribution in [0.4, 0.5) is 4.39 Å². The Morgan fingerprint density at radius 1 is 1.41 bits per heavy atom. The topological polar surface area (TPSA) is 32.3 Å². The summed E-state index contributed by atoms with van der Waals surface area (Å²) in [7, 11) is 0. The van der Waals surface area contributed by atoms with E-state index in [0.717, 1.165) is 5.92 Å². The summed E-state index contributed by atoms with van der Waals surface area (Å²) in [5, 5.41) is 12.9. The first-order valence-electron chi connectivity index (χ1n) is 6.38. The van der Waals surface area contributed by atoms with Gasteiger partial charge < -0.3 is 10.4 Å². The zero-order valence-electron chi connectivity index (χ0n) is 10.2. The van der Waals surface area contributed by atoms with Gasteiger partial charge in [-0.2, -0.15) is 0 Å². The summed E-state index contributed by atoms with van der Waals surface area (Å²) in [6.45, 7) is 2.70. The van der Waals surface area contributed by atoms with E-state index in [9.17, 15) is 9.50 Å². The summed E-state index contributed by atoms with van der Waals surface area (Å²) >= 11 is 0. The smallest absolute Gasteiger partial charge is 0.165 e. The van der Waals surface area contributed by atoms with Gasteiger partial charge in [-0.05, 0) is 31.7 Å². The Hall–Kier alpha value is -1.09. The molecule has 94 valence electrons. The SMILES string of the molecule is C[C@@H](NCc1cccc(F)c1O)C1CCCC1. The number of phenolic OH excluding ortho intramolecular Hbond substituents is 1. The monoisotopic (exact) mass is 237 g/mol. The molecular weight excluding hydrogens is 217 g/mol. The fraction of sp³-hybridized carbons (Fsp3) is 0.571. The molecule has 0 saturated heterocycles. The molecule has 1 aromatic rings. The molecule has 1 atom stereocenters. The van der Waals surface area contributed by atoms with Crippen molar-refractivity contribution in [3.05, 3.63) is 29.6 Å². The third kappa shape index (κ3) is 2.97. The quantitative estimate of drug-likeness (QED) is 0.842. The minimum absolute atomic E-state index is 0.223. The van der Waals surface area contributed by atoms with Gasteiger partial charge in [0.1, 0.15) is 0 Å². The third-order valence-corrected chi connectivity index (χ3v) is 3.79. The van der Waals surface area contributed by atoms with Gasteiger partial charge in [0.25, 0.3) is 0 Å². The maximum absolute atomic E-state index is 13.1. The maximum atomic E-state index is 13.1. The lowest BCUT2D eigenvalue weighted by atomic mass is 9.99. The fourth-order valence-corrected chi connectivity index (χ4v) is 2.60. The molecule has 0 spiro atoms. The lowest BCUT2D eigenvalue weighted by Crippen LogP contribution is -2.31. The van der Waals surface area contributed by atoms with Crippen LogP contribution in [0, 0.1) is 11.7 Å². The fourth-order valence-electron chi connectivity index (χ4n) is 2.60. The van der Waals surface area contributed by atoms with E-state index in [1.807, 2.05) is 0 Å². The molecule has 3 heteroatoms. The van der Waals surface area contributed by atoms with Gasteiger partial charge in [0.05, 0.1) is 0 Å². The van der Waals surface area contributed by atoms with Crippen molar-refractivity contribution in [2.75, 3.05) is 0 Å². The van der Waals surface area contributed by atoms with E-state index >= 15 is 0 Å². The Balaban J connectivity index is 1.90. The highest BCUT2D eigenvalue weighted by molar-refractivity contribution is 5.33. The van der Waals surface area contributed by atoms with Crippen LogP contribution in [0.3, 0.4) is 0 Å². The molecule has 1 saturated carbocycles. The summed E-state index contributed by atoms with van der Waals surface area (Å²) in [4.78, 5) is 0. The number of halogens is 1. The Morgan fingerprint density at radius 2 is 2.12 bits per heavy atom. The van der Waals surface area contributed by atoms with Gasteiger partial charge in [0.2, 0.25) is 0 Å². The Morgan fingerprint density at radius 3 is 2.82 bits per heavy atom. The van der Waals surface area contributed by atoms with Crippen molar-refractivity contribution in [1.82, 2.24) is 5.32 Å². The molecule has 0 aliphatic heterocycles. The number of para-hydroxylation sites is 1. The zero-order valence-corrected chi connectivity index (χ0v) is 10.2. The molecule has 1 aliphatic carbocycles. The second-order valence-electron chi connectivity index (χ2n) is 4.96. The summed E-state index contributed by atoms with van der Waals surface area (Å²) in [5.41, 5.74) is 0.634. The third-order valence-electron chi connectivity index (χ3n) is 3.79. The molecule has 0 amide bonds. The molecule has 0 bridgehead atoms. The van der Waals surface area contributed by atoms with E-state index in [1.54, 1.807) is 12.1 Å². The summed E-state index contributed by atoms with van der Waals surface area (Å²) in [6.07, 6.45) is 5.20. The number of phenols is 1. The molecule has 17 heavy (non-hydrogen) atoms. The predicted octanol–water partition coefficient (Wildman–Crippen LogP) is 3.20. The van der Waals surface area contributed by atoms with Crippen LogP contribution < -0.4 is 5.32 Å². The highest BCUT2D eigenvalue weighted by atomic mass is 19.1. The van der Waals surface area contributed by atoms with E-state index in [-0.39, 0.29) is 5.75 Å². The number of benzene rings is 1. The van der Waals surface area contributed by atoms with Crippen molar-refractivity contribution < 1.29 is 9.50 Å². The van der Waals surface area contributed by atoms with Gasteiger partial charge in [0.15, 0.2) is 11.6 Å². The van der Waals surface area contributed by atoms with Gasteiger partial charge in [0, 0.05) is 18.2 Å². The number of aromatic hydroxyl groups is 1. The second-order valence-corrected chi connectivity index (χ2v) is 4.96. The second kappa shape index (κ2) is 5.50. The molecule has 0 aromatic heterocycles. The van der Waals surface area contributed by atoms with E-state index in [4.69, 9.17) is 0 Å². The normalized spacial score (nSPS) is 18.5. The van der Waals surface area contributed by atoms with Crippen LogP contribution in [0.15, 0.2) is 18.2 Å². The van der Waals surface area contributed by atoms with Crippen molar-refractivity contribution >= 4 is 0 Å². The lowest BCUT2D eigenvalue weighted by molar-refractivity contribution is 0.372. The van der Waals surface area contributed by atoms with Crippen molar-refractivity contribution in [3.63, 3.8) is 0 Å². The largest absolute Gasteiger partial charge is 0.505 e. The number of nitrogens with one attached hydrogen (secondary N) is 1. The average Bonchev–Trinajstić information content (AvgIpc) is 2.84. The molecular formula is C14H20FNO. The van der Waals surface area contributed by atoms with E-state index in [1.165, 1.54) is 31.7 Å². The molecule has 1 aromatic carbocycles. The number of rotatable bonds is 4. The van der Waals surface area contributed by atoms with Crippen molar-refractivity contribution in [2.24, 2.45) is 5.92 Å². The van der Waals surface area contributed by atoms with Gasteiger partial charge in [-0.25, -0.2) is 4.39 Å². The molecule has 2 N–H and O–H groups in total. The molecule has 0 radical (unpaired) electrons. The first kappa shape index (κ1) is 12.4. The zero-order chi connectivity index (χ0) is 12.3. The summed E-state index contributed by atoms with van der Waals surface area (Å²) in [5.74, 6) is -0.0397. The summed E-state index contributed by atoms with van der Waals surface area (Å²) in [6, 6.07) is 5.10. The highest BCUT2D eigenvalue weighted by Crippen LogP contribution is 2.28. The van der Waals surface area contributed by atoms with Crippen LogP contribution in [-0.2, 0) is 6.54 Å². The number of hydrogen-bond acceptors (Lipinski definition) is 2. The molecule has 0 heterocycles. The Bertz CT molecular complexity index is 374. The van der Waals surface area contributed by atoms with Crippen LogP contribution in [0.25, 0.3) is 0 Å². The van der Waals surface area contributed by atoms with Crippen LogP contribution in [-0.4, -0.2) is 11.1 Å². The summed E-state index contributed by atoms with van der Waals surface area (Å²) < 4.78 is 13.1. The first-order valence-corrected chi connectivity index (χ1v) is 6.38. The number of hydrogen-bond donors (Lipinski definition) is 2. The van der Waals surface area contributed by atoms with Crippen LogP contribution in [0.1, 0.15) is 38.2 Å². The molecule has 2 nitrogen and oxygen atoms in total. The maximum Gasteiger partial charge on any atom is 0.165 e. The average molecular weight is 237 g/mol. The predicted molar refractivity (Wildman–Crippen MR) is 66.3 cm³/mol. The van der Waals surface area contributed by atoms with E-state index in [0.29, 0.717) is 18.2 Å². The van der Waals surface area contributed by atoms with Gasteiger partial charge in [-0.15, -0.1) is 0 Å². The van der Waals surface area contributed by atoms with Crippen molar-refractivity contribution in [2.45, 2.75) is 45.2 Å². The minimum atomic E-state index is -0.544. The lowest BCUT2D eigenvalue weighted by Gasteiger charge is -2.20. The Labute approximate surface area is 102 Å². The first-order chi connectivity index (χ1) is 8.18. The van der Waals surface area contributed by atoms with Crippen LogP contribution in [0.2, 0.25) is 0 Å². The van der Waals surface area contributed by atoms with Crippen molar-refractivity contribution in [3.8, 4) is 5.75 Å². The minimum Gasteiger partial charge on any atom is -0.505 e. The van der Waals surface area contributed by atoms with Gasteiger partial charge in [-0.1, -0.05) is 25.0 Å². The standard InChI is InChI=1S/C14H20FNO/c1-10(11-5-2-3-6-11)16-9-12-7-4-8-13(15)14(12)17/h4,7-8,10-11,16-17H,2-3,5-6,9H2,1H3/t10-/m1/s1.